The van der Waals surface area contributed by atoms with Crippen LogP contribution in [0.3, 0.4) is 0 Å². The van der Waals surface area contributed by atoms with Gasteiger partial charge in [0.15, 0.2) is 0 Å². The second kappa shape index (κ2) is 8.54. The van der Waals surface area contributed by atoms with E-state index in [1.807, 2.05) is 12.4 Å². The Balaban J connectivity index is 1.35. The summed E-state index contributed by atoms with van der Waals surface area (Å²) in [6.07, 6.45) is 4.80. The van der Waals surface area contributed by atoms with Crippen LogP contribution in [-0.4, -0.2) is 49.2 Å². The largest absolute Gasteiger partial charge is 0.494 e. The van der Waals surface area contributed by atoms with E-state index in [-0.39, 0.29) is 5.41 Å². The van der Waals surface area contributed by atoms with E-state index in [0.717, 1.165) is 51.5 Å². The first-order chi connectivity index (χ1) is 12.5. The summed E-state index contributed by atoms with van der Waals surface area (Å²) >= 11 is 0. The number of anilines is 1. The molecule has 0 N–H and O–H groups in total. The minimum absolute atomic E-state index is 0.191. The van der Waals surface area contributed by atoms with E-state index in [2.05, 4.69) is 72.0 Å². The molecule has 0 saturated carbocycles. The smallest absolute Gasteiger partial charge is 0.119 e. The van der Waals surface area contributed by atoms with Crippen molar-refractivity contribution in [2.75, 3.05) is 44.2 Å². The lowest BCUT2D eigenvalue weighted by atomic mass is 9.87. The predicted octanol–water partition coefficient (Wildman–Crippen LogP) is 3.97. The van der Waals surface area contributed by atoms with Crippen LogP contribution >= 0.6 is 0 Å². The molecule has 2 heterocycles. The molecule has 26 heavy (non-hydrogen) atoms. The fraction of sp³-hybridized carbons (Fsp3) is 0.500. The van der Waals surface area contributed by atoms with Crippen LogP contribution < -0.4 is 9.64 Å². The summed E-state index contributed by atoms with van der Waals surface area (Å²) < 4.78 is 5.91. The first kappa shape index (κ1) is 18.7. The molecule has 0 bridgehead atoms. The van der Waals surface area contributed by atoms with Gasteiger partial charge >= 0.3 is 0 Å². The number of piperazine rings is 1. The molecule has 140 valence electrons. The Kier molecular flexibility index (Phi) is 6.15. The second-order valence-corrected chi connectivity index (χ2v) is 8.01. The van der Waals surface area contributed by atoms with Crippen molar-refractivity contribution in [1.29, 1.82) is 0 Å². The summed E-state index contributed by atoms with van der Waals surface area (Å²) in [7, 11) is 0. The Hall–Kier alpha value is -2.07. The van der Waals surface area contributed by atoms with Crippen molar-refractivity contribution in [3.63, 3.8) is 0 Å². The Morgan fingerprint density at radius 2 is 1.58 bits per heavy atom. The maximum Gasteiger partial charge on any atom is 0.119 e. The van der Waals surface area contributed by atoms with Crippen molar-refractivity contribution in [3.8, 4) is 5.75 Å². The molecule has 2 aromatic rings. The third-order valence-corrected chi connectivity index (χ3v) is 5.01. The van der Waals surface area contributed by atoms with E-state index in [1.54, 1.807) is 0 Å². The maximum absolute atomic E-state index is 5.91. The van der Waals surface area contributed by atoms with Crippen LogP contribution in [0.4, 0.5) is 5.69 Å². The zero-order valence-corrected chi connectivity index (χ0v) is 16.3. The standard InChI is InChI=1S/C22H31N3O/c1-22(2,3)19-5-7-21(8-6-19)26-18-4-13-24-14-16-25(17-15-24)20-9-11-23-12-10-20/h5-12H,4,13-18H2,1-3H3. The van der Waals surface area contributed by atoms with Crippen molar-refractivity contribution in [2.45, 2.75) is 32.6 Å². The van der Waals surface area contributed by atoms with Crippen molar-refractivity contribution in [1.82, 2.24) is 9.88 Å². The maximum atomic E-state index is 5.91. The molecule has 1 aromatic heterocycles. The molecular weight excluding hydrogens is 322 g/mol. The van der Waals surface area contributed by atoms with Crippen LogP contribution in [0.25, 0.3) is 0 Å². The molecule has 4 nitrogen and oxygen atoms in total. The normalized spacial score (nSPS) is 15.9. The lowest BCUT2D eigenvalue weighted by Gasteiger charge is -2.36. The number of ether oxygens (including phenoxy) is 1. The summed E-state index contributed by atoms with van der Waals surface area (Å²) in [5, 5.41) is 0. The minimum atomic E-state index is 0.191. The molecule has 0 unspecified atom stereocenters. The first-order valence-corrected chi connectivity index (χ1v) is 9.63. The highest BCUT2D eigenvalue weighted by Crippen LogP contribution is 2.24. The van der Waals surface area contributed by atoms with Gasteiger partial charge in [0.05, 0.1) is 6.61 Å². The van der Waals surface area contributed by atoms with E-state index < -0.39 is 0 Å². The summed E-state index contributed by atoms with van der Waals surface area (Å²) in [4.78, 5) is 9.06. The van der Waals surface area contributed by atoms with Crippen molar-refractivity contribution in [3.05, 3.63) is 54.4 Å². The Bertz CT molecular complexity index is 656. The zero-order valence-electron chi connectivity index (χ0n) is 16.3. The van der Waals surface area contributed by atoms with E-state index >= 15 is 0 Å². The molecule has 0 amide bonds. The highest BCUT2D eigenvalue weighted by Gasteiger charge is 2.16. The number of pyridine rings is 1. The van der Waals surface area contributed by atoms with Gasteiger partial charge in [-0.05, 0) is 41.7 Å². The third kappa shape index (κ3) is 5.21. The molecule has 1 saturated heterocycles. The van der Waals surface area contributed by atoms with Gasteiger partial charge in [0.25, 0.3) is 0 Å². The molecule has 0 atom stereocenters. The first-order valence-electron chi connectivity index (χ1n) is 9.63. The number of benzene rings is 1. The van der Waals surface area contributed by atoms with Gasteiger partial charge in [-0.25, -0.2) is 0 Å². The lowest BCUT2D eigenvalue weighted by molar-refractivity contribution is 0.224. The van der Waals surface area contributed by atoms with Crippen LogP contribution in [0.15, 0.2) is 48.8 Å². The van der Waals surface area contributed by atoms with Crippen LogP contribution in [-0.2, 0) is 5.41 Å². The Labute approximate surface area is 157 Å². The summed E-state index contributed by atoms with van der Waals surface area (Å²) in [6.45, 7) is 13.0. The minimum Gasteiger partial charge on any atom is -0.494 e. The fourth-order valence-electron chi connectivity index (χ4n) is 3.31. The predicted molar refractivity (Wildman–Crippen MR) is 108 cm³/mol. The lowest BCUT2D eigenvalue weighted by Crippen LogP contribution is -2.46. The van der Waals surface area contributed by atoms with Gasteiger partial charge < -0.3 is 9.64 Å². The monoisotopic (exact) mass is 353 g/mol. The number of rotatable bonds is 6. The number of hydrogen-bond donors (Lipinski definition) is 0. The SMILES string of the molecule is CC(C)(C)c1ccc(OCCCN2CCN(c3ccncc3)CC2)cc1. The zero-order chi connectivity index (χ0) is 18.4. The van der Waals surface area contributed by atoms with E-state index in [0.29, 0.717) is 0 Å². The van der Waals surface area contributed by atoms with Crippen molar-refractivity contribution < 1.29 is 4.74 Å². The van der Waals surface area contributed by atoms with Gasteiger partial charge in [-0.3, -0.25) is 9.88 Å². The van der Waals surface area contributed by atoms with Crippen LogP contribution in [0.1, 0.15) is 32.8 Å². The van der Waals surface area contributed by atoms with Gasteiger partial charge in [0, 0.05) is 50.8 Å². The van der Waals surface area contributed by atoms with Gasteiger partial charge in [0.1, 0.15) is 5.75 Å². The van der Waals surface area contributed by atoms with E-state index in [9.17, 15) is 0 Å². The summed E-state index contributed by atoms with van der Waals surface area (Å²) in [6, 6.07) is 12.7. The number of nitrogens with zero attached hydrogens (tertiary/aromatic N) is 3. The van der Waals surface area contributed by atoms with Gasteiger partial charge in [-0.1, -0.05) is 32.9 Å². The molecule has 1 aliphatic rings. The van der Waals surface area contributed by atoms with Crippen LogP contribution in [0, 0.1) is 0 Å². The highest BCUT2D eigenvalue weighted by molar-refractivity contribution is 5.44. The van der Waals surface area contributed by atoms with Crippen LogP contribution in [0.2, 0.25) is 0 Å². The Morgan fingerprint density at radius 3 is 2.19 bits per heavy atom. The highest BCUT2D eigenvalue weighted by atomic mass is 16.5. The molecule has 1 aliphatic heterocycles. The van der Waals surface area contributed by atoms with Gasteiger partial charge in [-0.2, -0.15) is 0 Å². The molecule has 0 aliphatic carbocycles. The number of aromatic nitrogens is 1. The molecule has 3 rings (SSSR count). The molecular formula is C22H31N3O. The average Bonchev–Trinajstić information content (AvgIpc) is 2.66. The Morgan fingerprint density at radius 1 is 0.923 bits per heavy atom. The quantitative estimate of drug-likeness (QED) is 0.735. The second-order valence-electron chi connectivity index (χ2n) is 8.01. The van der Waals surface area contributed by atoms with Crippen LogP contribution in [0.5, 0.6) is 5.75 Å². The van der Waals surface area contributed by atoms with E-state index in [4.69, 9.17) is 4.74 Å². The third-order valence-electron chi connectivity index (χ3n) is 5.01. The molecule has 0 radical (unpaired) electrons. The molecule has 1 aromatic carbocycles. The molecule has 1 fully saturated rings. The fourth-order valence-corrected chi connectivity index (χ4v) is 3.31. The molecule has 0 spiro atoms. The van der Waals surface area contributed by atoms with E-state index in [1.165, 1.54) is 11.3 Å². The topological polar surface area (TPSA) is 28.6 Å². The number of hydrogen-bond acceptors (Lipinski definition) is 4. The van der Waals surface area contributed by atoms with Crippen molar-refractivity contribution in [2.24, 2.45) is 0 Å². The molecule has 4 heteroatoms. The average molecular weight is 354 g/mol. The van der Waals surface area contributed by atoms with Gasteiger partial charge in [0.2, 0.25) is 0 Å². The summed E-state index contributed by atoms with van der Waals surface area (Å²) in [5.74, 6) is 0.973. The van der Waals surface area contributed by atoms with Gasteiger partial charge in [-0.15, -0.1) is 0 Å². The summed E-state index contributed by atoms with van der Waals surface area (Å²) in [5.41, 5.74) is 2.82. The van der Waals surface area contributed by atoms with Crippen molar-refractivity contribution >= 4 is 5.69 Å².